The van der Waals surface area contributed by atoms with Crippen molar-refractivity contribution in [3.8, 4) is 23.0 Å². The number of amides is 1. The number of nitrogens with one attached hydrogen (secondary N) is 1. The maximum Gasteiger partial charge on any atom is 0.264 e. The summed E-state index contributed by atoms with van der Waals surface area (Å²) in [5.41, 5.74) is 1.26. The molecule has 0 aliphatic carbocycles. The summed E-state index contributed by atoms with van der Waals surface area (Å²) in [7, 11) is -0.869. The second kappa shape index (κ2) is 10.8. The van der Waals surface area contributed by atoms with E-state index in [1.165, 1.54) is 23.5 Å². The Bertz CT molecular complexity index is 1310. The lowest BCUT2D eigenvalue weighted by molar-refractivity contribution is -0.127. The Morgan fingerprint density at radius 1 is 0.972 bits per heavy atom. The molecule has 0 aromatic heterocycles. The van der Waals surface area contributed by atoms with Gasteiger partial charge in [0.25, 0.3) is 15.9 Å². The van der Waals surface area contributed by atoms with E-state index >= 15 is 0 Å². The van der Waals surface area contributed by atoms with Gasteiger partial charge in [0.1, 0.15) is 29.6 Å². The van der Waals surface area contributed by atoms with Crippen LogP contribution in [0.3, 0.4) is 0 Å². The van der Waals surface area contributed by atoms with Crippen LogP contribution in [0.25, 0.3) is 0 Å². The average Bonchev–Trinajstić information content (AvgIpc) is 2.90. The Morgan fingerprint density at radius 3 is 2.22 bits per heavy atom. The highest BCUT2D eigenvalue weighted by molar-refractivity contribution is 7.92. The summed E-state index contributed by atoms with van der Waals surface area (Å²) in [5, 5.41) is 2.77. The van der Waals surface area contributed by atoms with Crippen molar-refractivity contribution in [2.75, 3.05) is 38.2 Å². The Morgan fingerprint density at radius 2 is 1.58 bits per heavy atom. The minimum absolute atomic E-state index is 0.0868. The molecule has 4 rings (SSSR count). The van der Waals surface area contributed by atoms with E-state index in [0.29, 0.717) is 22.9 Å². The predicted molar refractivity (Wildman–Crippen MR) is 135 cm³/mol. The van der Waals surface area contributed by atoms with E-state index in [2.05, 4.69) is 5.32 Å². The second-order valence-corrected chi connectivity index (χ2v) is 9.97. The predicted octanol–water partition coefficient (Wildman–Crippen LogP) is 3.16. The Balaban J connectivity index is 1.47. The van der Waals surface area contributed by atoms with Gasteiger partial charge in [-0.3, -0.25) is 9.10 Å². The van der Waals surface area contributed by atoms with Crippen LogP contribution in [0.4, 0.5) is 5.69 Å². The van der Waals surface area contributed by atoms with Crippen molar-refractivity contribution in [3.63, 3.8) is 0 Å². The normalized spacial score (nSPS) is 14.9. The Labute approximate surface area is 210 Å². The molecule has 0 fully saturated rings. The van der Waals surface area contributed by atoms with Gasteiger partial charge in [0.2, 0.25) is 0 Å². The van der Waals surface area contributed by atoms with Gasteiger partial charge in [-0.05, 0) is 73.2 Å². The third-order valence-electron chi connectivity index (χ3n) is 5.65. The Hall–Kier alpha value is -3.92. The zero-order chi connectivity index (χ0) is 25.7. The van der Waals surface area contributed by atoms with Crippen LogP contribution < -0.4 is 28.6 Å². The van der Waals surface area contributed by atoms with Gasteiger partial charge in [0, 0.05) is 0 Å². The van der Waals surface area contributed by atoms with Gasteiger partial charge in [-0.2, -0.15) is 0 Å². The van der Waals surface area contributed by atoms with Gasteiger partial charge < -0.3 is 24.3 Å². The molecule has 0 bridgehead atoms. The van der Waals surface area contributed by atoms with Crippen LogP contribution in [0.2, 0.25) is 0 Å². The van der Waals surface area contributed by atoms with Crippen LogP contribution in [-0.4, -0.2) is 54.3 Å². The van der Waals surface area contributed by atoms with Crippen molar-refractivity contribution in [2.24, 2.45) is 0 Å². The summed E-state index contributed by atoms with van der Waals surface area (Å²) in [6.45, 7) is 2.15. The molecule has 3 aromatic carbocycles. The van der Waals surface area contributed by atoms with Crippen molar-refractivity contribution in [1.82, 2.24) is 5.32 Å². The molecule has 1 amide bonds. The first-order valence-corrected chi connectivity index (χ1v) is 12.7. The molecular formula is C26H28N2O7S. The molecule has 190 valence electrons. The van der Waals surface area contributed by atoms with Gasteiger partial charge in [0.15, 0.2) is 6.10 Å². The van der Waals surface area contributed by atoms with Gasteiger partial charge in [-0.15, -0.1) is 0 Å². The Kier molecular flexibility index (Phi) is 7.54. The number of hydrogen-bond donors (Lipinski definition) is 1. The highest BCUT2D eigenvalue weighted by Gasteiger charge is 2.37. The second-order valence-electron chi connectivity index (χ2n) is 8.10. The largest absolute Gasteiger partial charge is 0.497 e. The van der Waals surface area contributed by atoms with Crippen molar-refractivity contribution in [3.05, 3.63) is 72.3 Å². The fourth-order valence-corrected chi connectivity index (χ4v) is 5.21. The number of aryl methyl sites for hydroxylation is 1. The number of benzene rings is 3. The molecule has 0 unspecified atom stereocenters. The van der Waals surface area contributed by atoms with Crippen LogP contribution in [0.15, 0.2) is 71.6 Å². The number of anilines is 1. The molecule has 0 radical (unpaired) electrons. The van der Waals surface area contributed by atoms with E-state index in [1.807, 2.05) is 6.92 Å². The summed E-state index contributed by atoms with van der Waals surface area (Å²) in [6, 6.07) is 18.4. The van der Waals surface area contributed by atoms with Crippen LogP contribution in [0.1, 0.15) is 5.56 Å². The minimum atomic E-state index is -3.96. The fraction of sp³-hybridized carbons (Fsp3) is 0.269. The molecule has 0 spiro atoms. The van der Waals surface area contributed by atoms with Crippen molar-refractivity contribution in [2.45, 2.75) is 17.9 Å². The van der Waals surface area contributed by atoms with Crippen molar-refractivity contribution >= 4 is 21.6 Å². The highest BCUT2D eigenvalue weighted by Crippen LogP contribution is 2.38. The first-order chi connectivity index (χ1) is 17.3. The molecule has 3 aromatic rings. The number of carbonyl (C=O) groups excluding carboxylic acids is 1. The van der Waals surface area contributed by atoms with Crippen LogP contribution in [0, 0.1) is 6.92 Å². The molecule has 36 heavy (non-hydrogen) atoms. The quantitative estimate of drug-likeness (QED) is 0.439. The molecule has 0 saturated heterocycles. The number of hydrogen-bond acceptors (Lipinski definition) is 7. The van der Waals surface area contributed by atoms with E-state index in [9.17, 15) is 13.2 Å². The van der Waals surface area contributed by atoms with Crippen molar-refractivity contribution in [1.29, 1.82) is 0 Å². The van der Waals surface area contributed by atoms with E-state index in [1.54, 1.807) is 61.7 Å². The topological polar surface area (TPSA) is 103 Å². The number of methoxy groups -OCH3 is 2. The molecule has 10 heteroatoms. The lowest BCUT2D eigenvalue weighted by Crippen LogP contribution is -2.51. The van der Waals surface area contributed by atoms with Gasteiger partial charge in [-0.25, -0.2) is 8.42 Å². The van der Waals surface area contributed by atoms with E-state index < -0.39 is 22.0 Å². The van der Waals surface area contributed by atoms with E-state index in [4.69, 9.17) is 18.9 Å². The number of nitrogens with zero attached hydrogens (tertiary/aromatic N) is 1. The molecule has 1 aliphatic rings. The molecule has 1 atom stereocenters. The molecular weight excluding hydrogens is 484 g/mol. The molecule has 1 heterocycles. The maximum absolute atomic E-state index is 13.5. The molecule has 0 saturated carbocycles. The number of ether oxygens (including phenoxy) is 4. The summed E-state index contributed by atoms with van der Waals surface area (Å²) >= 11 is 0. The molecule has 1 aliphatic heterocycles. The number of fused-ring (bicyclic) bond motifs is 1. The van der Waals surface area contributed by atoms with Crippen LogP contribution in [0.5, 0.6) is 23.0 Å². The molecule has 9 nitrogen and oxygen atoms in total. The monoisotopic (exact) mass is 512 g/mol. The number of rotatable bonds is 9. The summed E-state index contributed by atoms with van der Waals surface area (Å²) in [6.07, 6.45) is -1.03. The number of sulfonamides is 1. The van der Waals surface area contributed by atoms with Gasteiger partial charge in [0.05, 0.1) is 37.9 Å². The summed E-state index contributed by atoms with van der Waals surface area (Å²) in [4.78, 5) is 13.0. The number of carbonyl (C=O) groups is 1. The van der Waals surface area contributed by atoms with E-state index in [0.717, 1.165) is 11.3 Å². The summed E-state index contributed by atoms with van der Waals surface area (Å²) in [5.74, 6) is 1.79. The zero-order valence-electron chi connectivity index (χ0n) is 20.3. The molecule has 1 N–H and O–H groups in total. The minimum Gasteiger partial charge on any atom is -0.497 e. The van der Waals surface area contributed by atoms with Gasteiger partial charge in [-0.1, -0.05) is 6.07 Å². The lowest BCUT2D eigenvalue weighted by atomic mass is 10.1. The first-order valence-electron chi connectivity index (χ1n) is 11.3. The zero-order valence-corrected chi connectivity index (χ0v) is 21.1. The van der Waals surface area contributed by atoms with Crippen LogP contribution >= 0.6 is 0 Å². The average molecular weight is 513 g/mol. The first kappa shape index (κ1) is 25.2. The SMILES string of the molecule is COc1ccc(OCCNC(=O)[C@H]2CN(S(=O)(=O)c3ccc(OC)cc3)c3ccc(C)cc3O2)cc1. The third-order valence-corrected chi connectivity index (χ3v) is 7.45. The third kappa shape index (κ3) is 5.49. The fourth-order valence-electron chi connectivity index (χ4n) is 3.73. The van der Waals surface area contributed by atoms with Crippen LogP contribution in [-0.2, 0) is 14.8 Å². The van der Waals surface area contributed by atoms with E-state index in [-0.39, 0.29) is 24.6 Å². The van der Waals surface area contributed by atoms with Crippen molar-refractivity contribution < 1.29 is 32.2 Å². The maximum atomic E-state index is 13.5. The highest BCUT2D eigenvalue weighted by atomic mass is 32.2. The summed E-state index contributed by atoms with van der Waals surface area (Å²) < 4.78 is 50.1. The van der Waals surface area contributed by atoms with Gasteiger partial charge >= 0.3 is 0 Å². The standard InChI is InChI=1S/C26H28N2O7S/c1-18-4-13-23-24(16-18)35-25(17-28(23)36(30,31)22-11-9-20(33-3)10-12-22)26(29)27-14-15-34-21-7-5-19(32-2)6-8-21/h4-13,16,25H,14-15,17H2,1-3H3,(H,27,29)/t25-/m1/s1. The lowest BCUT2D eigenvalue weighted by Gasteiger charge is -2.35. The smallest absolute Gasteiger partial charge is 0.264 e.